The fourth-order valence-corrected chi connectivity index (χ4v) is 4.49. The van der Waals surface area contributed by atoms with Gasteiger partial charge in [-0.25, -0.2) is 8.42 Å². The molecule has 7 nitrogen and oxygen atoms in total. The second-order valence-corrected chi connectivity index (χ2v) is 10.4. The van der Waals surface area contributed by atoms with Crippen LogP contribution in [0.3, 0.4) is 0 Å². The Hall–Kier alpha value is -2.29. The zero-order valence-corrected chi connectivity index (χ0v) is 21.5. The van der Waals surface area contributed by atoms with Crippen molar-refractivity contribution in [2.75, 3.05) is 23.7 Å². The van der Waals surface area contributed by atoms with Crippen LogP contribution in [0.1, 0.15) is 31.4 Å². The number of aryl methyl sites for hydroxylation is 1. The Morgan fingerprint density at radius 2 is 1.67 bits per heavy atom. The Morgan fingerprint density at radius 1 is 1.03 bits per heavy atom. The SMILES string of the molecule is CCNC(=O)[C@H](CC)N(Cc1ccc(C)cc1)C(=O)CN(c1ccc(Cl)c(Cl)c1)S(C)(=O)=O. The van der Waals surface area contributed by atoms with Crippen LogP contribution < -0.4 is 9.62 Å². The molecule has 10 heteroatoms. The van der Waals surface area contributed by atoms with Crippen LogP contribution in [0, 0.1) is 6.92 Å². The quantitative estimate of drug-likeness (QED) is 0.519. The molecule has 1 atom stereocenters. The van der Waals surface area contributed by atoms with E-state index in [1.54, 1.807) is 6.92 Å². The van der Waals surface area contributed by atoms with Gasteiger partial charge in [-0.15, -0.1) is 0 Å². The van der Waals surface area contributed by atoms with Crippen molar-refractivity contribution in [2.45, 2.75) is 39.8 Å². The van der Waals surface area contributed by atoms with Crippen LogP contribution in [0.2, 0.25) is 10.0 Å². The summed E-state index contributed by atoms with van der Waals surface area (Å²) in [7, 11) is -3.83. The summed E-state index contributed by atoms with van der Waals surface area (Å²) in [6.07, 6.45) is 1.38. The first-order valence-corrected chi connectivity index (χ1v) is 13.1. The van der Waals surface area contributed by atoms with E-state index in [1.165, 1.54) is 23.1 Å². The number of sulfonamides is 1. The Kier molecular flexibility index (Phi) is 9.57. The standard InChI is InChI=1S/C23H29Cl2N3O4S/c1-5-21(23(30)26-6-2)27(14-17-9-7-16(3)8-10-17)22(29)15-28(33(4,31)32)18-11-12-19(24)20(25)13-18/h7-13,21H,5-6,14-15H2,1-4H3,(H,26,30)/t21-/m0/s1. The van der Waals surface area contributed by atoms with Crippen molar-refractivity contribution >= 4 is 50.7 Å². The lowest BCUT2D eigenvalue weighted by Gasteiger charge is -2.32. The fourth-order valence-electron chi connectivity index (χ4n) is 3.36. The molecule has 0 bridgehead atoms. The smallest absolute Gasteiger partial charge is 0.244 e. The maximum Gasteiger partial charge on any atom is 0.244 e. The van der Waals surface area contributed by atoms with E-state index < -0.39 is 28.5 Å². The summed E-state index contributed by atoms with van der Waals surface area (Å²) in [6.45, 7) is 5.65. The molecule has 0 aliphatic heterocycles. The molecule has 0 saturated heterocycles. The van der Waals surface area contributed by atoms with E-state index in [9.17, 15) is 18.0 Å². The molecule has 0 saturated carbocycles. The van der Waals surface area contributed by atoms with Gasteiger partial charge in [0.05, 0.1) is 22.0 Å². The van der Waals surface area contributed by atoms with E-state index in [4.69, 9.17) is 23.2 Å². The third-order valence-electron chi connectivity index (χ3n) is 5.08. The first-order valence-electron chi connectivity index (χ1n) is 10.5. The maximum absolute atomic E-state index is 13.5. The number of likely N-dealkylation sites (N-methyl/N-ethyl adjacent to an activating group) is 1. The van der Waals surface area contributed by atoms with Crippen LogP contribution in [0.25, 0.3) is 0 Å². The Balaban J connectivity index is 2.44. The number of rotatable bonds is 10. The summed E-state index contributed by atoms with van der Waals surface area (Å²) >= 11 is 12.0. The number of nitrogens with one attached hydrogen (secondary N) is 1. The van der Waals surface area contributed by atoms with Gasteiger partial charge in [-0.3, -0.25) is 13.9 Å². The molecular weight excluding hydrogens is 485 g/mol. The van der Waals surface area contributed by atoms with Gasteiger partial charge in [0.2, 0.25) is 21.8 Å². The molecule has 0 unspecified atom stereocenters. The van der Waals surface area contributed by atoms with Crippen molar-refractivity contribution in [3.8, 4) is 0 Å². The molecule has 0 heterocycles. The van der Waals surface area contributed by atoms with Gasteiger partial charge in [0, 0.05) is 13.1 Å². The molecule has 180 valence electrons. The molecule has 0 fully saturated rings. The molecule has 0 aliphatic carbocycles. The number of benzene rings is 2. The number of carbonyl (C=O) groups excluding carboxylic acids is 2. The number of carbonyl (C=O) groups is 2. The van der Waals surface area contributed by atoms with Crippen molar-refractivity contribution < 1.29 is 18.0 Å². The van der Waals surface area contributed by atoms with Crippen LogP contribution in [0.15, 0.2) is 42.5 Å². The molecule has 0 aromatic heterocycles. The highest BCUT2D eigenvalue weighted by molar-refractivity contribution is 7.92. The average Bonchev–Trinajstić information content (AvgIpc) is 2.74. The number of amides is 2. The zero-order chi connectivity index (χ0) is 24.8. The summed E-state index contributed by atoms with van der Waals surface area (Å²) in [6, 6.07) is 11.2. The third kappa shape index (κ3) is 7.35. The van der Waals surface area contributed by atoms with Crippen LogP contribution >= 0.6 is 23.2 Å². The number of hydrogen-bond acceptors (Lipinski definition) is 4. The van der Waals surface area contributed by atoms with Crippen molar-refractivity contribution in [3.05, 3.63) is 63.6 Å². The molecule has 0 spiro atoms. The molecule has 1 N–H and O–H groups in total. The van der Waals surface area contributed by atoms with Crippen LogP contribution in [0.4, 0.5) is 5.69 Å². The molecule has 0 aliphatic rings. The van der Waals surface area contributed by atoms with E-state index in [-0.39, 0.29) is 28.2 Å². The van der Waals surface area contributed by atoms with E-state index in [0.717, 1.165) is 21.7 Å². The van der Waals surface area contributed by atoms with Gasteiger partial charge < -0.3 is 10.2 Å². The van der Waals surface area contributed by atoms with Gasteiger partial charge in [-0.05, 0) is 44.0 Å². The largest absolute Gasteiger partial charge is 0.355 e. The van der Waals surface area contributed by atoms with E-state index in [0.29, 0.717) is 13.0 Å². The zero-order valence-electron chi connectivity index (χ0n) is 19.1. The molecule has 2 amide bonds. The molecule has 2 aromatic rings. The normalized spacial score (nSPS) is 12.2. The molecule has 0 radical (unpaired) electrons. The Morgan fingerprint density at radius 3 is 2.18 bits per heavy atom. The molecular formula is C23H29Cl2N3O4S. The second kappa shape index (κ2) is 11.7. The summed E-state index contributed by atoms with van der Waals surface area (Å²) in [5.41, 5.74) is 2.11. The highest BCUT2D eigenvalue weighted by Gasteiger charge is 2.31. The lowest BCUT2D eigenvalue weighted by Crippen LogP contribution is -2.52. The Bertz CT molecular complexity index is 1090. The monoisotopic (exact) mass is 513 g/mol. The van der Waals surface area contributed by atoms with Crippen LogP contribution in [0.5, 0.6) is 0 Å². The molecule has 2 aromatic carbocycles. The topological polar surface area (TPSA) is 86.8 Å². The molecule has 33 heavy (non-hydrogen) atoms. The van der Waals surface area contributed by atoms with Gasteiger partial charge in [0.1, 0.15) is 12.6 Å². The minimum atomic E-state index is -3.83. The van der Waals surface area contributed by atoms with E-state index in [1.807, 2.05) is 38.1 Å². The van der Waals surface area contributed by atoms with Crippen molar-refractivity contribution in [1.29, 1.82) is 0 Å². The van der Waals surface area contributed by atoms with Gasteiger partial charge in [-0.2, -0.15) is 0 Å². The number of hydrogen-bond donors (Lipinski definition) is 1. The average molecular weight is 514 g/mol. The number of nitrogens with zero attached hydrogens (tertiary/aromatic N) is 2. The number of anilines is 1. The summed E-state index contributed by atoms with van der Waals surface area (Å²) < 4.78 is 26.1. The third-order valence-corrected chi connectivity index (χ3v) is 6.96. The fraction of sp³-hybridized carbons (Fsp3) is 0.391. The summed E-state index contributed by atoms with van der Waals surface area (Å²) in [4.78, 5) is 27.6. The minimum absolute atomic E-state index is 0.160. The minimum Gasteiger partial charge on any atom is -0.355 e. The summed E-state index contributed by atoms with van der Waals surface area (Å²) in [5, 5.41) is 3.19. The predicted molar refractivity (Wildman–Crippen MR) is 133 cm³/mol. The Labute approximate surface area is 205 Å². The maximum atomic E-state index is 13.5. The van der Waals surface area contributed by atoms with Crippen LogP contribution in [-0.4, -0.2) is 50.5 Å². The second-order valence-electron chi connectivity index (χ2n) is 7.69. The lowest BCUT2D eigenvalue weighted by atomic mass is 10.1. The first kappa shape index (κ1) is 27.0. The summed E-state index contributed by atoms with van der Waals surface area (Å²) in [5.74, 6) is -0.800. The van der Waals surface area contributed by atoms with Gasteiger partial charge in [-0.1, -0.05) is 60.0 Å². The number of halogens is 2. The molecule has 2 rings (SSSR count). The van der Waals surface area contributed by atoms with E-state index >= 15 is 0 Å². The van der Waals surface area contributed by atoms with Gasteiger partial charge in [0.15, 0.2) is 0 Å². The van der Waals surface area contributed by atoms with Crippen LogP contribution in [-0.2, 0) is 26.2 Å². The van der Waals surface area contributed by atoms with Crippen molar-refractivity contribution in [3.63, 3.8) is 0 Å². The lowest BCUT2D eigenvalue weighted by molar-refractivity contribution is -0.140. The highest BCUT2D eigenvalue weighted by atomic mass is 35.5. The first-order chi connectivity index (χ1) is 15.5. The van der Waals surface area contributed by atoms with Gasteiger partial charge in [0.25, 0.3) is 0 Å². The van der Waals surface area contributed by atoms with Crippen molar-refractivity contribution in [1.82, 2.24) is 10.2 Å². The van der Waals surface area contributed by atoms with Crippen molar-refractivity contribution in [2.24, 2.45) is 0 Å². The predicted octanol–water partition coefficient (Wildman–Crippen LogP) is 4.01. The van der Waals surface area contributed by atoms with Gasteiger partial charge >= 0.3 is 0 Å². The van der Waals surface area contributed by atoms with E-state index in [2.05, 4.69) is 5.32 Å². The highest BCUT2D eigenvalue weighted by Crippen LogP contribution is 2.28.